The van der Waals surface area contributed by atoms with E-state index < -0.39 is 0 Å². The molecular weight excluding hydrogens is 843 g/mol. The number of aromatic amines is 1. The highest BCUT2D eigenvalue weighted by Gasteiger charge is 2.14. The molecule has 1 aromatic rings. The predicted octanol–water partition coefficient (Wildman–Crippen LogP) is 10.8. The smallest absolute Gasteiger partial charge is 0.305 e. The summed E-state index contributed by atoms with van der Waals surface area (Å²) in [7, 11) is 0. The van der Waals surface area contributed by atoms with E-state index in [0.29, 0.717) is 123 Å². The molecule has 0 spiro atoms. The minimum absolute atomic E-state index is 0.0499. The molecule has 0 aliphatic rings. The molecule has 386 valence electrons. The van der Waals surface area contributed by atoms with Crippen LogP contribution >= 0.6 is 0 Å². The minimum Gasteiger partial charge on any atom is -0.465 e. The first-order chi connectivity index (χ1) is 32.4. The Kier molecular flexibility index (Phi) is 44.1. The quantitative estimate of drug-likeness (QED) is 0.0470. The molecule has 14 nitrogen and oxygen atoms in total. The number of carbonyl (C=O) groups excluding carboxylic acids is 3. The summed E-state index contributed by atoms with van der Waals surface area (Å²) in [4.78, 5) is 43.2. The Morgan fingerprint density at radius 1 is 0.500 bits per heavy atom. The lowest BCUT2D eigenvalue weighted by molar-refractivity contribution is -0.146. The summed E-state index contributed by atoms with van der Waals surface area (Å²) in [5.41, 5.74) is 0.418. The van der Waals surface area contributed by atoms with Crippen LogP contribution in [0.2, 0.25) is 0 Å². The van der Waals surface area contributed by atoms with E-state index in [2.05, 4.69) is 43.0 Å². The number of rotatable bonds is 51. The second-order valence-electron chi connectivity index (χ2n) is 17.8. The third-order valence-electron chi connectivity index (χ3n) is 11.6. The van der Waals surface area contributed by atoms with E-state index >= 15 is 0 Å². The van der Waals surface area contributed by atoms with E-state index in [1.807, 2.05) is 0 Å². The lowest BCUT2D eigenvalue weighted by Crippen LogP contribution is -2.28. The van der Waals surface area contributed by atoms with Crippen molar-refractivity contribution in [3.8, 4) is 0 Å². The molecule has 1 rings (SSSR count). The normalized spacial score (nSPS) is 12.4. The van der Waals surface area contributed by atoms with Gasteiger partial charge in [0.2, 0.25) is 0 Å². The van der Waals surface area contributed by atoms with Crippen LogP contribution in [0.15, 0.2) is 12.5 Å². The van der Waals surface area contributed by atoms with Gasteiger partial charge >= 0.3 is 11.9 Å². The number of imidazole rings is 1. The van der Waals surface area contributed by atoms with E-state index in [1.54, 1.807) is 0 Å². The zero-order valence-corrected chi connectivity index (χ0v) is 42.4. The highest BCUT2D eigenvalue weighted by atomic mass is 16.6. The molecule has 2 N–H and O–H groups in total. The first-order valence-corrected chi connectivity index (χ1v) is 26.5. The fourth-order valence-electron chi connectivity index (χ4n) is 7.56. The van der Waals surface area contributed by atoms with Crippen LogP contribution in [-0.2, 0) is 47.5 Å². The molecule has 1 aromatic heterocycles. The van der Waals surface area contributed by atoms with Crippen molar-refractivity contribution in [1.82, 2.24) is 15.3 Å². The van der Waals surface area contributed by atoms with Gasteiger partial charge in [0.15, 0.2) is 0 Å². The largest absolute Gasteiger partial charge is 0.465 e. The summed E-state index contributed by atoms with van der Waals surface area (Å²) in [5, 5.41) is 2.76. The number of hydrogen-bond donors (Lipinski definition) is 2. The SMILES string of the molecule is CCCCCC(CCCCC)COC(=O)CCCCCCCOC(COCCCCCCCC(=O)OCC(CCC)CCCC)COCCOCCOCCOCCNC(=O)c1cnc[nH]1. The molecule has 66 heavy (non-hydrogen) atoms. The second kappa shape index (κ2) is 47.4. The van der Waals surface area contributed by atoms with Gasteiger partial charge in [-0.1, -0.05) is 124 Å². The summed E-state index contributed by atoms with van der Waals surface area (Å²) in [5.74, 6) is 0.675. The van der Waals surface area contributed by atoms with E-state index in [0.717, 1.165) is 96.3 Å². The van der Waals surface area contributed by atoms with E-state index in [1.165, 1.54) is 63.9 Å². The van der Waals surface area contributed by atoms with Crippen molar-refractivity contribution in [2.24, 2.45) is 11.8 Å². The van der Waals surface area contributed by atoms with Crippen molar-refractivity contribution in [3.05, 3.63) is 18.2 Å². The van der Waals surface area contributed by atoms with Gasteiger partial charge in [-0.15, -0.1) is 0 Å². The van der Waals surface area contributed by atoms with Crippen molar-refractivity contribution in [1.29, 1.82) is 0 Å². The maximum atomic E-state index is 12.5. The fraction of sp³-hybridized carbons (Fsp3) is 0.885. The molecule has 1 heterocycles. The number of H-pyrrole nitrogens is 1. The van der Waals surface area contributed by atoms with Gasteiger partial charge in [-0.05, 0) is 63.2 Å². The Morgan fingerprint density at radius 2 is 0.985 bits per heavy atom. The van der Waals surface area contributed by atoms with E-state index in [9.17, 15) is 14.4 Å². The zero-order chi connectivity index (χ0) is 47.8. The maximum absolute atomic E-state index is 12.5. The molecule has 0 saturated heterocycles. The summed E-state index contributed by atoms with van der Waals surface area (Å²) < 4.78 is 46.3. The van der Waals surface area contributed by atoms with Gasteiger partial charge in [-0.3, -0.25) is 14.4 Å². The summed E-state index contributed by atoms with van der Waals surface area (Å²) in [6, 6.07) is 0. The number of nitrogens with zero attached hydrogens (tertiary/aromatic N) is 1. The fourth-order valence-corrected chi connectivity index (χ4v) is 7.56. The monoisotopic (exact) mass is 940 g/mol. The van der Waals surface area contributed by atoms with Gasteiger partial charge in [0.05, 0.1) is 85.2 Å². The van der Waals surface area contributed by atoms with Gasteiger partial charge in [0.25, 0.3) is 5.91 Å². The number of esters is 2. The van der Waals surface area contributed by atoms with Crippen molar-refractivity contribution in [2.75, 3.05) is 92.4 Å². The number of unbranched alkanes of at least 4 members (excludes halogenated alkanes) is 13. The molecule has 2 unspecified atom stereocenters. The zero-order valence-electron chi connectivity index (χ0n) is 42.4. The minimum atomic E-state index is -0.215. The summed E-state index contributed by atoms with van der Waals surface area (Å²) in [6.45, 7) is 15.7. The molecule has 0 aliphatic heterocycles. The molecular formula is C52H97N3O11. The lowest BCUT2D eigenvalue weighted by atomic mass is 9.96. The Balaban J connectivity index is 2.26. The molecule has 14 heteroatoms. The Morgan fingerprint density at radius 3 is 1.53 bits per heavy atom. The number of carbonyl (C=O) groups is 3. The van der Waals surface area contributed by atoms with Crippen LogP contribution in [0.5, 0.6) is 0 Å². The molecule has 2 atom stereocenters. The predicted molar refractivity (Wildman–Crippen MR) is 262 cm³/mol. The van der Waals surface area contributed by atoms with Crippen molar-refractivity contribution in [3.63, 3.8) is 0 Å². The number of amides is 1. The Hall–Kier alpha value is -2.62. The number of aromatic nitrogens is 2. The first kappa shape index (κ1) is 61.4. The van der Waals surface area contributed by atoms with Gasteiger partial charge in [-0.2, -0.15) is 0 Å². The van der Waals surface area contributed by atoms with Crippen LogP contribution in [0.25, 0.3) is 0 Å². The van der Waals surface area contributed by atoms with Crippen LogP contribution in [0.3, 0.4) is 0 Å². The summed E-state index contributed by atoms with van der Waals surface area (Å²) in [6.07, 6.45) is 29.2. The van der Waals surface area contributed by atoms with Gasteiger partial charge in [-0.25, -0.2) is 4.98 Å². The third kappa shape index (κ3) is 39.4. The Labute approximate surface area is 401 Å². The number of nitrogens with one attached hydrogen (secondary N) is 2. The second-order valence-corrected chi connectivity index (χ2v) is 17.8. The van der Waals surface area contributed by atoms with Crippen LogP contribution < -0.4 is 5.32 Å². The van der Waals surface area contributed by atoms with Crippen LogP contribution in [0, 0.1) is 11.8 Å². The van der Waals surface area contributed by atoms with Crippen LogP contribution in [-0.4, -0.2) is 126 Å². The van der Waals surface area contributed by atoms with Crippen molar-refractivity contribution >= 4 is 17.8 Å². The summed E-state index contributed by atoms with van der Waals surface area (Å²) >= 11 is 0. The topological polar surface area (TPSA) is 166 Å². The van der Waals surface area contributed by atoms with Crippen molar-refractivity contribution < 1.29 is 52.3 Å². The first-order valence-electron chi connectivity index (χ1n) is 26.5. The highest BCUT2D eigenvalue weighted by molar-refractivity contribution is 5.91. The number of ether oxygens (including phenoxy) is 8. The van der Waals surface area contributed by atoms with E-state index in [-0.39, 0.29) is 23.9 Å². The Bertz CT molecular complexity index is 1200. The molecule has 1 amide bonds. The van der Waals surface area contributed by atoms with Crippen LogP contribution in [0.1, 0.15) is 199 Å². The van der Waals surface area contributed by atoms with Gasteiger partial charge < -0.3 is 48.2 Å². The van der Waals surface area contributed by atoms with Crippen molar-refractivity contribution in [2.45, 2.75) is 194 Å². The molecule has 0 radical (unpaired) electrons. The van der Waals surface area contributed by atoms with E-state index in [4.69, 9.17) is 37.9 Å². The lowest BCUT2D eigenvalue weighted by Gasteiger charge is -2.18. The maximum Gasteiger partial charge on any atom is 0.305 e. The highest BCUT2D eigenvalue weighted by Crippen LogP contribution is 2.19. The molecule has 0 aliphatic carbocycles. The number of hydrogen-bond acceptors (Lipinski definition) is 12. The standard InChI is InChI=1S/C52H97N3O11/c1-5-9-18-26-47(27-19-10-6-2)42-66-51(57)29-21-15-13-17-23-32-64-48(43-62-31-22-16-12-14-20-28-50(56)65-41-46(24-8-4)25-11-7-3)44-63-39-38-61-37-36-60-35-34-59-33-30-54-52(58)49-40-53-45-55-49/h40,45-48H,5-39,41-44H2,1-4H3,(H,53,55)(H,54,58). The van der Waals surface area contributed by atoms with Crippen LogP contribution in [0.4, 0.5) is 0 Å². The molecule has 0 saturated carbocycles. The average Bonchev–Trinajstić information content (AvgIpc) is 3.87. The van der Waals surface area contributed by atoms with Gasteiger partial charge in [0, 0.05) is 32.6 Å². The molecule has 0 bridgehead atoms. The molecule has 0 fully saturated rings. The third-order valence-corrected chi connectivity index (χ3v) is 11.6. The average molecular weight is 940 g/mol. The molecule has 0 aromatic carbocycles. The van der Waals surface area contributed by atoms with Gasteiger partial charge in [0.1, 0.15) is 11.8 Å².